The zero-order valence-corrected chi connectivity index (χ0v) is 11.9. The van der Waals surface area contributed by atoms with Crippen LogP contribution in [0, 0.1) is 0 Å². The summed E-state index contributed by atoms with van der Waals surface area (Å²) in [5.74, 6) is 0. The first-order chi connectivity index (χ1) is 8.10. The van der Waals surface area contributed by atoms with E-state index in [1.165, 1.54) is 26.0 Å². The van der Waals surface area contributed by atoms with Crippen LogP contribution in [0.5, 0.6) is 0 Å². The SMILES string of the molecule is COP(=O)(OC)C1Nc2ccccc2C(=S)S1. The van der Waals surface area contributed by atoms with Crippen molar-refractivity contribution in [3.63, 3.8) is 0 Å². The summed E-state index contributed by atoms with van der Waals surface area (Å²) in [6, 6.07) is 7.63. The maximum atomic E-state index is 12.3. The van der Waals surface area contributed by atoms with E-state index >= 15 is 0 Å². The largest absolute Gasteiger partial charge is 0.363 e. The Hall–Kier alpha value is -0.390. The van der Waals surface area contributed by atoms with Gasteiger partial charge in [0.1, 0.15) is 0 Å². The van der Waals surface area contributed by atoms with Crippen LogP contribution in [-0.2, 0) is 13.6 Å². The van der Waals surface area contributed by atoms with Crippen molar-refractivity contribution in [2.45, 2.75) is 5.11 Å². The first-order valence-electron chi connectivity index (χ1n) is 4.88. The van der Waals surface area contributed by atoms with Crippen molar-refractivity contribution in [2.24, 2.45) is 0 Å². The lowest BCUT2D eigenvalue weighted by molar-refractivity contribution is 0.275. The van der Waals surface area contributed by atoms with Crippen molar-refractivity contribution in [3.05, 3.63) is 29.8 Å². The number of hydrogen-bond acceptors (Lipinski definition) is 6. The van der Waals surface area contributed by atoms with Gasteiger partial charge in [-0.3, -0.25) is 4.57 Å². The van der Waals surface area contributed by atoms with E-state index in [4.69, 9.17) is 21.3 Å². The summed E-state index contributed by atoms with van der Waals surface area (Å²) in [7, 11) is -0.443. The lowest BCUT2D eigenvalue weighted by Gasteiger charge is -2.30. The Morgan fingerprint density at radius 1 is 1.35 bits per heavy atom. The van der Waals surface area contributed by atoms with Crippen LogP contribution < -0.4 is 5.32 Å². The van der Waals surface area contributed by atoms with Crippen molar-refractivity contribution in [1.29, 1.82) is 0 Å². The normalized spacial score (nSPS) is 19.6. The third-order valence-electron chi connectivity index (χ3n) is 2.44. The van der Waals surface area contributed by atoms with Crippen molar-refractivity contribution in [2.75, 3.05) is 19.5 Å². The third-order valence-corrected chi connectivity index (χ3v) is 6.54. The molecule has 1 aromatic rings. The van der Waals surface area contributed by atoms with Crippen LogP contribution >= 0.6 is 31.6 Å². The second-order valence-corrected chi connectivity index (χ2v) is 7.81. The van der Waals surface area contributed by atoms with Crippen LogP contribution in [0.25, 0.3) is 0 Å². The molecular formula is C10H12NO3PS2. The Bertz CT molecular complexity index is 486. The molecule has 0 bridgehead atoms. The smallest absolute Gasteiger partial charge is 0.362 e. The zero-order valence-electron chi connectivity index (χ0n) is 9.38. The molecule has 92 valence electrons. The van der Waals surface area contributed by atoms with E-state index in [2.05, 4.69) is 5.32 Å². The summed E-state index contributed by atoms with van der Waals surface area (Å²) >= 11 is 6.59. The molecule has 7 heteroatoms. The molecule has 2 rings (SSSR count). The van der Waals surface area contributed by atoms with E-state index in [1.54, 1.807) is 0 Å². The summed E-state index contributed by atoms with van der Waals surface area (Å²) in [6.45, 7) is 0. The van der Waals surface area contributed by atoms with E-state index in [9.17, 15) is 4.57 Å². The van der Waals surface area contributed by atoms with E-state index in [0.717, 1.165) is 11.3 Å². The highest BCUT2D eigenvalue weighted by atomic mass is 32.2. The lowest BCUT2D eigenvalue weighted by atomic mass is 10.2. The van der Waals surface area contributed by atoms with Crippen LogP contribution in [-0.4, -0.2) is 23.5 Å². The van der Waals surface area contributed by atoms with Gasteiger partial charge in [-0.25, -0.2) is 0 Å². The molecule has 1 aromatic carbocycles. The minimum atomic E-state index is -3.19. The Kier molecular flexibility index (Phi) is 3.90. The monoisotopic (exact) mass is 289 g/mol. The van der Waals surface area contributed by atoms with Gasteiger partial charge in [-0.2, -0.15) is 0 Å². The number of para-hydroxylation sites is 1. The van der Waals surface area contributed by atoms with E-state index in [0.29, 0.717) is 4.20 Å². The third kappa shape index (κ3) is 2.41. The molecule has 0 fully saturated rings. The van der Waals surface area contributed by atoms with E-state index in [1.807, 2.05) is 24.3 Å². The molecule has 0 amide bonds. The van der Waals surface area contributed by atoms with Crippen molar-refractivity contribution < 1.29 is 13.6 Å². The summed E-state index contributed by atoms with van der Waals surface area (Å²) in [6.07, 6.45) is 0. The highest BCUT2D eigenvalue weighted by molar-refractivity contribution is 8.26. The number of hydrogen-bond donors (Lipinski definition) is 1. The summed E-state index contributed by atoms with van der Waals surface area (Å²) in [5, 5.41) is 2.63. The van der Waals surface area contributed by atoms with Gasteiger partial charge in [0.05, 0.1) is 4.20 Å². The summed E-state index contributed by atoms with van der Waals surface area (Å²) in [4.78, 5) is 0. The fourth-order valence-electron chi connectivity index (χ4n) is 1.52. The maximum absolute atomic E-state index is 12.3. The van der Waals surface area contributed by atoms with E-state index in [-0.39, 0.29) is 0 Å². The molecule has 1 aliphatic heterocycles. The van der Waals surface area contributed by atoms with Gasteiger partial charge in [-0.05, 0) is 6.07 Å². The molecule has 1 unspecified atom stereocenters. The molecule has 0 aromatic heterocycles. The molecule has 0 radical (unpaired) electrons. The average Bonchev–Trinajstić information content (AvgIpc) is 2.38. The minimum absolute atomic E-state index is 0.500. The predicted molar refractivity (Wildman–Crippen MR) is 74.8 cm³/mol. The van der Waals surface area contributed by atoms with E-state index < -0.39 is 12.7 Å². The Balaban J connectivity index is 2.34. The standard InChI is InChI=1S/C10H12NO3PS2/c1-13-15(12,14-2)10-11-8-6-4-3-5-7(8)9(16)17-10/h3-6,10-11H,1-2H3. The predicted octanol–water partition coefficient (Wildman–Crippen LogP) is 3.29. The van der Waals surface area contributed by atoms with Gasteiger partial charge in [0.2, 0.25) is 0 Å². The van der Waals surface area contributed by atoms with Crippen molar-refractivity contribution in [1.82, 2.24) is 0 Å². The van der Waals surface area contributed by atoms with Gasteiger partial charge in [0.15, 0.2) is 5.11 Å². The molecule has 4 nitrogen and oxygen atoms in total. The van der Waals surface area contributed by atoms with Crippen LogP contribution in [0.2, 0.25) is 0 Å². The Labute approximate surface area is 110 Å². The van der Waals surface area contributed by atoms with Crippen LogP contribution in [0.15, 0.2) is 24.3 Å². The number of rotatable bonds is 3. The van der Waals surface area contributed by atoms with Crippen molar-refractivity contribution >= 4 is 41.5 Å². The maximum Gasteiger partial charge on any atom is 0.362 e. The number of nitrogens with one attached hydrogen (secondary N) is 1. The molecule has 17 heavy (non-hydrogen) atoms. The van der Waals surface area contributed by atoms with Crippen LogP contribution in [0.1, 0.15) is 5.56 Å². The van der Waals surface area contributed by atoms with Gasteiger partial charge in [0.25, 0.3) is 0 Å². The minimum Gasteiger partial charge on any atom is -0.363 e. The van der Waals surface area contributed by atoms with Gasteiger partial charge >= 0.3 is 7.60 Å². The first kappa shape index (κ1) is 13.1. The highest BCUT2D eigenvalue weighted by Gasteiger charge is 2.38. The molecule has 0 aliphatic carbocycles. The summed E-state index contributed by atoms with van der Waals surface area (Å²) < 4.78 is 22.9. The number of fused-ring (bicyclic) bond motifs is 1. The van der Waals surface area contributed by atoms with Crippen LogP contribution in [0.3, 0.4) is 0 Å². The highest BCUT2D eigenvalue weighted by Crippen LogP contribution is 2.57. The molecular weight excluding hydrogens is 277 g/mol. The molecule has 0 saturated heterocycles. The fraction of sp³-hybridized carbons (Fsp3) is 0.300. The number of benzene rings is 1. The zero-order chi connectivity index (χ0) is 12.5. The fourth-order valence-corrected chi connectivity index (χ4v) is 5.08. The second kappa shape index (κ2) is 5.08. The molecule has 0 spiro atoms. The quantitative estimate of drug-likeness (QED) is 0.680. The molecule has 0 saturated carbocycles. The van der Waals surface area contributed by atoms with Crippen LogP contribution in [0.4, 0.5) is 5.69 Å². The van der Waals surface area contributed by atoms with Gasteiger partial charge in [0, 0.05) is 25.5 Å². The number of anilines is 1. The number of thiocarbonyl (C=S) groups is 1. The van der Waals surface area contributed by atoms with Crippen molar-refractivity contribution in [3.8, 4) is 0 Å². The molecule has 1 N–H and O–H groups in total. The Morgan fingerprint density at radius 3 is 2.65 bits per heavy atom. The number of thioether (sulfide) groups is 1. The van der Waals surface area contributed by atoms with Gasteiger partial charge in [-0.15, -0.1) is 0 Å². The molecule has 1 aliphatic rings. The second-order valence-electron chi connectivity index (χ2n) is 3.35. The Morgan fingerprint density at radius 2 is 2.00 bits per heavy atom. The first-order valence-corrected chi connectivity index (χ1v) is 7.78. The lowest BCUT2D eigenvalue weighted by Crippen LogP contribution is -2.25. The molecule has 1 heterocycles. The average molecular weight is 289 g/mol. The summed E-state index contributed by atoms with van der Waals surface area (Å²) in [5.41, 5.74) is 1.80. The molecule has 1 atom stereocenters. The topological polar surface area (TPSA) is 47.6 Å². The van der Waals surface area contributed by atoms with Gasteiger partial charge < -0.3 is 14.4 Å². The van der Waals surface area contributed by atoms with Gasteiger partial charge in [-0.1, -0.05) is 42.2 Å².